The molecule has 0 saturated carbocycles. The Morgan fingerprint density at radius 3 is 2.38 bits per heavy atom. The second-order valence-electron chi connectivity index (χ2n) is 8.36. The van der Waals surface area contributed by atoms with Crippen LogP contribution in [-0.2, 0) is 4.79 Å². The zero-order valence-corrected chi connectivity index (χ0v) is 19.4. The van der Waals surface area contributed by atoms with Gasteiger partial charge in [-0.05, 0) is 48.4 Å². The number of aromatic nitrogens is 1. The fraction of sp³-hybridized carbons (Fsp3) is 0.214. The Bertz CT molecular complexity index is 1250. The fourth-order valence-corrected chi connectivity index (χ4v) is 4.14. The summed E-state index contributed by atoms with van der Waals surface area (Å²) in [5.41, 5.74) is 3.83. The molecule has 0 unspecified atom stereocenters. The Hall–Kier alpha value is -4.06. The van der Waals surface area contributed by atoms with E-state index in [2.05, 4.69) is 21.7 Å². The molecule has 0 fully saturated rings. The maximum atomic E-state index is 12.8. The third kappa shape index (κ3) is 5.46. The summed E-state index contributed by atoms with van der Waals surface area (Å²) >= 11 is 0. The highest BCUT2D eigenvalue weighted by Crippen LogP contribution is 2.31. The number of rotatable bonds is 9. The van der Waals surface area contributed by atoms with Crippen molar-refractivity contribution in [3.8, 4) is 5.75 Å². The Labute approximate surface area is 199 Å². The van der Waals surface area contributed by atoms with E-state index in [-0.39, 0.29) is 30.2 Å². The van der Waals surface area contributed by atoms with Crippen LogP contribution < -0.4 is 15.4 Å². The number of aromatic amines is 1. The lowest BCUT2D eigenvalue weighted by atomic mass is 9.90. The first-order valence-electron chi connectivity index (χ1n) is 11.4. The molecule has 4 aromatic rings. The number of methoxy groups -OCH3 is 1. The molecule has 0 saturated heterocycles. The number of ether oxygens (including phenoxy) is 1. The van der Waals surface area contributed by atoms with Gasteiger partial charge in [-0.3, -0.25) is 9.59 Å². The monoisotopic (exact) mass is 455 g/mol. The van der Waals surface area contributed by atoms with Gasteiger partial charge in [0.05, 0.1) is 7.11 Å². The van der Waals surface area contributed by atoms with Crippen molar-refractivity contribution in [2.75, 3.05) is 13.7 Å². The van der Waals surface area contributed by atoms with E-state index in [4.69, 9.17) is 4.74 Å². The SMILES string of the molecule is COc1ccc([C@H](CNC(=O)C[C@H](C)NC(=O)c2ccccc2)c2c[nH]c3ccccc23)cc1. The standard InChI is InChI=1S/C28H29N3O3/c1-19(31-28(33)21-8-4-3-5-9-21)16-27(32)30-17-24(20-12-14-22(34-2)15-13-20)25-18-29-26-11-7-6-10-23(25)26/h3-15,18-19,24,29H,16-17H2,1-2H3,(H,30,32)(H,31,33)/t19-,24-/m0/s1. The van der Waals surface area contributed by atoms with E-state index in [0.717, 1.165) is 27.8 Å². The molecule has 6 nitrogen and oxygen atoms in total. The highest BCUT2D eigenvalue weighted by molar-refractivity contribution is 5.94. The van der Waals surface area contributed by atoms with Gasteiger partial charge in [0.1, 0.15) is 5.75 Å². The van der Waals surface area contributed by atoms with Crippen LogP contribution in [0.15, 0.2) is 85.1 Å². The average molecular weight is 456 g/mol. The van der Waals surface area contributed by atoms with E-state index in [9.17, 15) is 9.59 Å². The number of para-hydroxylation sites is 1. The van der Waals surface area contributed by atoms with Crippen LogP contribution in [0.1, 0.15) is 40.7 Å². The van der Waals surface area contributed by atoms with Crippen LogP contribution in [0.25, 0.3) is 10.9 Å². The van der Waals surface area contributed by atoms with E-state index in [1.165, 1.54) is 0 Å². The van der Waals surface area contributed by atoms with Gasteiger partial charge in [0, 0.05) is 47.6 Å². The summed E-state index contributed by atoms with van der Waals surface area (Å²) in [5.74, 6) is 0.448. The third-order valence-corrected chi connectivity index (χ3v) is 5.92. The molecule has 2 amide bonds. The molecule has 0 aliphatic carbocycles. The van der Waals surface area contributed by atoms with Crippen molar-refractivity contribution < 1.29 is 14.3 Å². The van der Waals surface area contributed by atoms with Crippen LogP contribution in [0.5, 0.6) is 5.75 Å². The lowest BCUT2D eigenvalue weighted by Gasteiger charge is -2.20. The van der Waals surface area contributed by atoms with E-state index in [1.54, 1.807) is 19.2 Å². The molecule has 6 heteroatoms. The Morgan fingerprint density at radius 2 is 1.65 bits per heavy atom. The maximum absolute atomic E-state index is 12.8. The first-order chi connectivity index (χ1) is 16.5. The summed E-state index contributed by atoms with van der Waals surface area (Å²) < 4.78 is 5.31. The zero-order valence-electron chi connectivity index (χ0n) is 19.4. The van der Waals surface area contributed by atoms with Crippen molar-refractivity contribution in [2.45, 2.75) is 25.3 Å². The van der Waals surface area contributed by atoms with Crippen LogP contribution >= 0.6 is 0 Å². The van der Waals surface area contributed by atoms with Crippen molar-refractivity contribution in [3.63, 3.8) is 0 Å². The minimum Gasteiger partial charge on any atom is -0.497 e. The van der Waals surface area contributed by atoms with Crippen molar-refractivity contribution in [1.29, 1.82) is 0 Å². The minimum atomic E-state index is -0.291. The van der Waals surface area contributed by atoms with Crippen LogP contribution in [0.2, 0.25) is 0 Å². The quantitative estimate of drug-likeness (QED) is 0.344. The van der Waals surface area contributed by atoms with Crippen molar-refractivity contribution in [2.24, 2.45) is 0 Å². The number of carbonyl (C=O) groups is 2. The lowest BCUT2D eigenvalue weighted by Crippen LogP contribution is -2.38. The van der Waals surface area contributed by atoms with Crippen LogP contribution in [-0.4, -0.2) is 36.5 Å². The molecule has 0 radical (unpaired) electrons. The Balaban J connectivity index is 1.45. The van der Waals surface area contributed by atoms with Gasteiger partial charge >= 0.3 is 0 Å². The van der Waals surface area contributed by atoms with Crippen LogP contribution in [0.3, 0.4) is 0 Å². The van der Waals surface area contributed by atoms with Crippen molar-refractivity contribution in [3.05, 3.63) is 102 Å². The minimum absolute atomic E-state index is 0.0415. The van der Waals surface area contributed by atoms with Crippen LogP contribution in [0, 0.1) is 0 Å². The predicted octanol–water partition coefficient (Wildman–Crippen LogP) is 4.63. The zero-order chi connectivity index (χ0) is 23.9. The number of amides is 2. The molecule has 4 rings (SSSR count). The first kappa shape index (κ1) is 23.1. The Morgan fingerprint density at radius 1 is 0.941 bits per heavy atom. The molecular weight excluding hydrogens is 426 g/mol. The topological polar surface area (TPSA) is 83.2 Å². The van der Waals surface area contributed by atoms with E-state index >= 15 is 0 Å². The molecule has 3 N–H and O–H groups in total. The molecule has 2 atom stereocenters. The summed E-state index contributed by atoms with van der Waals surface area (Å²) in [6, 6.07) is 24.8. The second-order valence-corrected chi connectivity index (χ2v) is 8.36. The highest BCUT2D eigenvalue weighted by atomic mass is 16.5. The molecule has 0 bridgehead atoms. The predicted molar refractivity (Wildman–Crippen MR) is 134 cm³/mol. The van der Waals surface area contributed by atoms with Gasteiger partial charge in [0.15, 0.2) is 0 Å². The number of H-pyrrole nitrogens is 1. The molecular formula is C28H29N3O3. The number of benzene rings is 3. The van der Waals surface area contributed by atoms with Crippen LogP contribution in [0.4, 0.5) is 0 Å². The molecule has 174 valence electrons. The maximum Gasteiger partial charge on any atom is 0.251 e. The fourth-order valence-electron chi connectivity index (χ4n) is 4.14. The van der Waals surface area contributed by atoms with Gasteiger partial charge in [-0.25, -0.2) is 0 Å². The van der Waals surface area contributed by atoms with Gasteiger partial charge in [-0.2, -0.15) is 0 Å². The summed E-state index contributed by atoms with van der Waals surface area (Å²) in [4.78, 5) is 28.4. The summed E-state index contributed by atoms with van der Waals surface area (Å²) in [6.07, 6.45) is 2.20. The smallest absolute Gasteiger partial charge is 0.251 e. The van der Waals surface area contributed by atoms with E-state index in [0.29, 0.717) is 12.1 Å². The average Bonchev–Trinajstić information content (AvgIpc) is 3.29. The normalized spacial score (nSPS) is 12.6. The summed E-state index contributed by atoms with van der Waals surface area (Å²) in [5, 5.41) is 7.09. The summed E-state index contributed by atoms with van der Waals surface area (Å²) in [6.45, 7) is 2.27. The second kappa shape index (κ2) is 10.7. The van der Waals surface area contributed by atoms with Gasteiger partial charge in [-0.15, -0.1) is 0 Å². The molecule has 0 aliphatic rings. The largest absolute Gasteiger partial charge is 0.497 e. The number of carbonyl (C=O) groups excluding carboxylic acids is 2. The first-order valence-corrected chi connectivity index (χ1v) is 11.4. The van der Waals surface area contributed by atoms with Gasteiger partial charge in [-0.1, -0.05) is 48.5 Å². The Kier molecular flexibility index (Phi) is 7.28. The van der Waals surface area contributed by atoms with E-state index < -0.39 is 0 Å². The molecule has 34 heavy (non-hydrogen) atoms. The van der Waals surface area contributed by atoms with E-state index in [1.807, 2.05) is 73.8 Å². The van der Waals surface area contributed by atoms with Gasteiger partial charge in [0.2, 0.25) is 5.91 Å². The number of hydrogen-bond acceptors (Lipinski definition) is 3. The van der Waals surface area contributed by atoms with Crippen molar-refractivity contribution >= 4 is 22.7 Å². The lowest BCUT2D eigenvalue weighted by molar-refractivity contribution is -0.121. The highest BCUT2D eigenvalue weighted by Gasteiger charge is 2.20. The van der Waals surface area contributed by atoms with Gasteiger partial charge < -0.3 is 20.4 Å². The molecule has 0 spiro atoms. The molecule has 0 aliphatic heterocycles. The molecule has 3 aromatic carbocycles. The molecule has 1 heterocycles. The molecule has 1 aromatic heterocycles. The van der Waals surface area contributed by atoms with Crippen molar-refractivity contribution in [1.82, 2.24) is 15.6 Å². The number of nitrogens with one attached hydrogen (secondary N) is 3. The third-order valence-electron chi connectivity index (χ3n) is 5.92. The number of hydrogen-bond donors (Lipinski definition) is 3. The number of fused-ring (bicyclic) bond motifs is 1. The van der Waals surface area contributed by atoms with Gasteiger partial charge in [0.25, 0.3) is 5.91 Å². The summed E-state index contributed by atoms with van der Waals surface area (Å²) in [7, 11) is 1.64.